The van der Waals surface area contributed by atoms with Crippen LogP contribution in [0.25, 0.3) is 11.4 Å². The van der Waals surface area contributed by atoms with Gasteiger partial charge >= 0.3 is 0 Å². The Kier molecular flexibility index (Phi) is 7.05. The SMILES string of the molecule is Cc1cc(C)c(NC(=O)CSc2nnc(-c3ccc(N(C)C)cc3)n2C(C)C)c(C)c1. The van der Waals surface area contributed by atoms with E-state index in [0.29, 0.717) is 0 Å². The minimum atomic E-state index is -0.0461. The summed E-state index contributed by atoms with van der Waals surface area (Å²) in [6.45, 7) is 10.3. The second-order valence-corrected chi connectivity index (χ2v) is 9.26. The Hall–Kier alpha value is -2.80. The highest BCUT2D eigenvalue weighted by Gasteiger charge is 2.18. The van der Waals surface area contributed by atoms with Crippen LogP contribution in [0.1, 0.15) is 36.6 Å². The highest BCUT2D eigenvalue weighted by molar-refractivity contribution is 7.99. The first kappa shape index (κ1) is 22.9. The van der Waals surface area contributed by atoms with Crippen molar-refractivity contribution in [1.29, 1.82) is 0 Å². The maximum absolute atomic E-state index is 12.6. The zero-order chi connectivity index (χ0) is 22.7. The van der Waals surface area contributed by atoms with E-state index in [1.54, 1.807) is 0 Å². The molecule has 1 N–H and O–H groups in total. The summed E-state index contributed by atoms with van der Waals surface area (Å²) in [4.78, 5) is 14.7. The first-order chi connectivity index (χ1) is 14.7. The van der Waals surface area contributed by atoms with Crippen LogP contribution < -0.4 is 10.2 Å². The molecule has 0 spiro atoms. The lowest BCUT2D eigenvalue weighted by Gasteiger charge is -2.16. The summed E-state index contributed by atoms with van der Waals surface area (Å²) in [5.41, 5.74) is 6.37. The maximum atomic E-state index is 12.6. The summed E-state index contributed by atoms with van der Waals surface area (Å²) in [6, 6.07) is 12.6. The van der Waals surface area contributed by atoms with Crippen LogP contribution in [0, 0.1) is 20.8 Å². The van der Waals surface area contributed by atoms with E-state index >= 15 is 0 Å². The first-order valence-corrected chi connectivity index (χ1v) is 11.4. The van der Waals surface area contributed by atoms with E-state index in [0.717, 1.165) is 39.0 Å². The van der Waals surface area contributed by atoms with Gasteiger partial charge in [0.25, 0.3) is 0 Å². The number of nitrogens with zero attached hydrogens (tertiary/aromatic N) is 4. The number of aromatic nitrogens is 3. The van der Waals surface area contributed by atoms with Crippen molar-refractivity contribution in [2.24, 2.45) is 0 Å². The van der Waals surface area contributed by atoms with Crippen molar-refractivity contribution in [3.05, 3.63) is 53.1 Å². The molecule has 31 heavy (non-hydrogen) atoms. The molecular formula is C24H31N5OS. The van der Waals surface area contributed by atoms with Gasteiger partial charge in [0.15, 0.2) is 11.0 Å². The van der Waals surface area contributed by atoms with Crippen LogP contribution in [0.15, 0.2) is 41.6 Å². The molecular weight excluding hydrogens is 406 g/mol. The van der Waals surface area contributed by atoms with Crippen LogP contribution in [0.3, 0.4) is 0 Å². The molecule has 0 saturated heterocycles. The van der Waals surface area contributed by atoms with Crippen LogP contribution in [-0.4, -0.2) is 40.5 Å². The summed E-state index contributed by atoms with van der Waals surface area (Å²) >= 11 is 1.41. The maximum Gasteiger partial charge on any atom is 0.234 e. The predicted molar refractivity (Wildman–Crippen MR) is 130 cm³/mol. The van der Waals surface area contributed by atoms with Crippen molar-refractivity contribution in [3.8, 4) is 11.4 Å². The van der Waals surface area contributed by atoms with Crippen LogP contribution >= 0.6 is 11.8 Å². The van der Waals surface area contributed by atoms with Crippen LogP contribution in [-0.2, 0) is 4.79 Å². The quantitative estimate of drug-likeness (QED) is 0.512. The Morgan fingerprint density at radius 2 is 1.68 bits per heavy atom. The lowest BCUT2D eigenvalue weighted by molar-refractivity contribution is -0.113. The van der Waals surface area contributed by atoms with E-state index in [4.69, 9.17) is 0 Å². The second kappa shape index (κ2) is 9.56. The molecule has 3 rings (SSSR count). The molecule has 0 fully saturated rings. The lowest BCUT2D eigenvalue weighted by atomic mass is 10.1. The molecule has 0 atom stereocenters. The number of carbonyl (C=O) groups is 1. The van der Waals surface area contributed by atoms with Crippen molar-refractivity contribution in [2.75, 3.05) is 30.1 Å². The standard InChI is InChI=1S/C24H31N5OS/c1-15(2)29-23(19-8-10-20(11-9-19)28(6)7)26-27-24(29)31-14-21(30)25-22-17(4)12-16(3)13-18(22)5/h8-13,15H,14H2,1-7H3,(H,25,30). The lowest BCUT2D eigenvalue weighted by Crippen LogP contribution is -2.16. The molecule has 1 heterocycles. The number of carbonyl (C=O) groups excluding carboxylic acids is 1. The summed E-state index contributed by atoms with van der Waals surface area (Å²) in [5, 5.41) is 12.6. The van der Waals surface area contributed by atoms with Gasteiger partial charge < -0.3 is 10.2 Å². The molecule has 0 aliphatic rings. The monoisotopic (exact) mass is 437 g/mol. The van der Waals surface area contributed by atoms with E-state index in [1.807, 2.05) is 27.9 Å². The Bertz CT molecular complexity index is 1050. The number of thioether (sulfide) groups is 1. The minimum absolute atomic E-state index is 0.0461. The molecule has 7 heteroatoms. The number of nitrogens with one attached hydrogen (secondary N) is 1. The summed E-state index contributed by atoms with van der Waals surface area (Å²) in [6.07, 6.45) is 0. The van der Waals surface area contributed by atoms with Crippen molar-refractivity contribution in [1.82, 2.24) is 14.8 Å². The molecule has 2 aromatic carbocycles. The average molecular weight is 438 g/mol. The third-order valence-electron chi connectivity index (χ3n) is 5.10. The number of anilines is 2. The highest BCUT2D eigenvalue weighted by atomic mass is 32.2. The predicted octanol–water partition coefficient (Wildman–Crippen LogP) is 5.25. The van der Waals surface area contributed by atoms with Gasteiger partial charge in [0.05, 0.1) is 5.75 Å². The molecule has 6 nitrogen and oxygen atoms in total. The van der Waals surface area contributed by atoms with Gasteiger partial charge in [-0.2, -0.15) is 0 Å². The van der Waals surface area contributed by atoms with Crippen molar-refractivity contribution >= 4 is 29.0 Å². The largest absolute Gasteiger partial charge is 0.378 e. The van der Waals surface area contributed by atoms with E-state index < -0.39 is 0 Å². The Balaban J connectivity index is 1.76. The molecule has 164 valence electrons. The molecule has 1 aromatic heterocycles. The van der Waals surface area contributed by atoms with Crippen LogP contribution in [0.2, 0.25) is 0 Å². The molecule has 0 bridgehead atoms. The van der Waals surface area contributed by atoms with E-state index in [1.165, 1.54) is 17.3 Å². The number of hydrogen-bond donors (Lipinski definition) is 1. The Morgan fingerprint density at radius 3 is 2.23 bits per heavy atom. The zero-order valence-electron chi connectivity index (χ0n) is 19.4. The van der Waals surface area contributed by atoms with E-state index in [2.05, 4.69) is 82.2 Å². The zero-order valence-corrected chi connectivity index (χ0v) is 20.2. The van der Waals surface area contributed by atoms with Gasteiger partial charge in [-0.3, -0.25) is 9.36 Å². The van der Waals surface area contributed by atoms with Gasteiger partial charge in [-0.25, -0.2) is 0 Å². The summed E-state index contributed by atoms with van der Waals surface area (Å²) < 4.78 is 2.09. The number of aryl methyl sites for hydroxylation is 3. The average Bonchev–Trinajstić information content (AvgIpc) is 3.13. The van der Waals surface area contributed by atoms with Gasteiger partial charge in [-0.15, -0.1) is 10.2 Å². The third kappa shape index (κ3) is 5.28. The van der Waals surface area contributed by atoms with Gasteiger partial charge in [0, 0.05) is 37.1 Å². The molecule has 0 saturated carbocycles. The summed E-state index contributed by atoms with van der Waals surface area (Å²) in [5.74, 6) is 1.04. The molecule has 0 unspecified atom stereocenters. The fourth-order valence-electron chi connectivity index (χ4n) is 3.63. The fourth-order valence-corrected chi connectivity index (χ4v) is 4.50. The first-order valence-electron chi connectivity index (χ1n) is 10.4. The van der Waals surface area contributed by atoms with Gasteiger partial charge in [0.1, 0.15) is 0 Å². The highest BCUT2D eigenvalue weighted by Crippen LogP contribution is 2.29. The van der Waals surface area contributed by atoms with Gasteiger partial charge in [-0.1, -0.05) is 29.5 Å². The molecule has 0 radical (unpaired) electrons. The molecule has 1 amide bonds. The third-order valence-corrected chi connectivity index (χ3v) is 6.04. The second-order valence-electron chi connectivity index (χ2n) is 8.32. The Labute approximate surface area is 189 Å². The van der Waals surface area contributed by atoms with E-state index in [-0.39, 0.29) is 17.7 Å². The van der Waals surface area contributed by atoms with Gasteiger partial charge in [0.2, 0.25) is 5.91 Å². The van der Waals surface area contributed by atoms with Gasteiger partial charge in [-0.05, 0) is 70.0 Å². The Morgan fingerprint density at radius 1 is 1.06 bits per heavy atom. The minimum Gasteiger partial charge on any atom is -0.378 e. The smallest absolute Gasteiger partial charge is 0.234 e. The molecule has 0 aliphatic heterocycles. The summed E-state index contributed by atoms with van der Waals surface area (Å²) in [7, 11) is 4.04. The normalized spacial score (nSPS) is 11.1. The molecule has 3 aromatic rings. The van der Waals surface area contributed by atoms with Crippen molar-refractivity contribution < 1.29 is 4.79 Å². The topological polar surface area (TPSA) is 63.1 Å². The number of amides is 1. The van der Waals surface area contributed by atoms with Crippen molar-refractivity contribution in [3.63, 3.8) is 0 Å². The van der Waals surface area contributed by atoms with E-state index in [9.17, 15) is 4.79 Å². The fraction of sp³-hybridized carbons (Fsp3) is 0.375. The van der Waals surface area contributed by atoms with Crippen LogP contribution in [0.4, 0.5) is 11.4 Å². The van der Waals surface area contributed by atoms with Crippen molar-refractivity contribution in [2.45, 2.75) is 45.8 Å². The molecule has 0 aliphatic carbocycles. The number of hydrogen-bond acceptors (Lipinski definition) is 5. The van der Waals surface area contributed by atoms with Crippen LogP contribution in [0.5, 0.6) is 0 Å². The number of rotatable bonds is 7. The number of benzene rings is 2.